The molecule has 0 unspecified atom stereocenters. The van der Waals surface area contributed by atoms with Crippen LogP contribution in [0.25, 0.3) is 0 Å². The quantitative estimate of drug-likeness (QED) is 0.801. The van der Waals surface area contributed by atoms with Crippen molar-refractivity contribution in [3.8, 4) is 0 Å². The Balaban J connectivity index is 1.63. The standard InChI is InChI=1S/C18H22F3N5O/c1-13-11-16(22-5-6-26-7-9-27-10-8-26)25-17(23-13)24-15-4-2-3-14(12-15)18(19,20)21/h2-4,11-12H,5-10H2,1H3,(H2,22,23,24,25). The van der Waals surface area contributed by atoms with Gasteiger partial charge in [-0.05, 0) is 25.1 Å². The molecule has 0 amide bonds. The summed E-state index contributed by atoms with van der Waals surface area (Å²) in [7, 11) is 0. The molecule has 27 heavy (non-hydrogen) atoms. The maximum atomic E-state index is 12.8. The van der Waals surface area contributed by atoms with Crippen molar-refractivity contribution in [1.82, 2.24) is 14.9 Å². The third-order valence-electron chi connectivity index (χ3n) is 4.14. The molecule has 0 spiro atoms. The molecule has 1 aromatic heterocycles. The SMILES string of the molecule is Cc1cc(NCCN2CCOCC2)nc(Nc2cccc(C(F)(F)F)c2)n1. The Morgan fingerprint density at radius 3 is 2.67 bits per heavy atom. The summed E-state index contributed by atoms with van der Waals surface area (Å²) >= 11 is 0. The van der Waals surface area contributed by atoms with Gasteiger partial charge in [-0.25, -0.2) is 4.98 Å². The van der Waals surface area contributed by atoms with Crippen molar-refractivity contribution < 1.29 is 17.9 Å². The lowest BCUT2D eigenvalue weighted by Crippen LogP contribution is -2.39. The fourth-order valence-electron chi connectivity index (χ4n) is 2.78. The van der Waals surface area contributed by atoms with Crippen LogP contribution in [0.15, 0.2) is 30.3 Å². The molecule has 2 N–H and O–H groups in total. The molecular formula is C18H22F3N5O. The normalized spacial score (nSPS) is 15.6. The number of alkyl halides is 3. The number of nitrogens with zero attached hydrogens (tertiary/aromatic N) is 3. The summed E-state index contributed by atoms with van der Waals surface area (Å²) < 4.78 is 43.9. The van der Waals surface area contributed by atoms with Crippen LogP contribution in [0, 0.1) is 6.92 Å². The van der Waals surface area contributed by atoms with Crippen molar-refractivity contribution >= 4 is 17.5 Å². The minimum Gasteiger partial charge on any atom is -0.379 e. The van der Waals surface area contributed by atoms with E-state index < -0.39 is 11.7 Å². The van der Waals surface area contributed by atoms with E-state index in [1.165, 1.54) is 6.07 Å². The molecule has 0 radical (unpaired) electrons. The Morgan fingerprint density at radius 1 is 1.15 bits per heavy atom. The predicted molar refractivity (Wildman–Crippen MR) is 97.2 cm³/mol. The molecule has 1 aromatic carbocycles. The van der Waals surface area contributed by atoms with Crippen LogP contribution < -0.4 is 10.6 Å². The molecule has 0 saturated carbocycles. The van der Waals surface area contributed by atoms with Crippen LogP contribution in [0.2, 0.25) is 0 Å². The van der Waals surface area contributed by atoms with Crippen LogP contribution in [0.3, 0.4) is 0 Å². The Morgan fingerprint density at radius 2 is 1.93 bits per heavy atom. The molecule has 0 atom stereocenters. The number of anilines is 3. The zero-order valence-corrected chi connectivity index (χ0v) is 15.0. The summed E-state index contributed by atoms with van der Waals surface area (Å²) in [5, 5.41) is 6.09. The average Bonchev–Trinajstić information content (AvgIpc) is 2.62. The fourth-order valence-corrected chi connectivity index (χ4v) is 2.78. The molecule has 1 fully saturated rings. The third kappa shape index (κ3) is 5.80. The van der Waals surface area contributed by atoms with Gasteiger partial charge in [-0.3, -0.25) is 4.90 Å². The molecule has 1 aliphatic heterocycles. The fraction of sp³-hybridized carbons (Fsp3) is 0.444. The number of ether oxygens (including phenoxy) is 1. The summed E-state index contributed by atoms with van der Waals surface area (Å²) in [5.74, 6) is 0.883. The molecule has 0 aliphatic carbocycles. The van der Waals surface area contributed by atoms with Gasteiger partial charge in [0, 0.05) is 43.6 Å². The first-order valence-electron chi connectivity index (χ1n) is 8.74. The topological polar surface area (TPSA) is 62.3 Å². The molecule has 2 aromatic rings. The zero-order chi connectivity index (χ0) is 19.3. The first-order valence-corrected chi connectivity index (χ1v) is 8.74. The predicted octanol–water partition coefficient (Wildman–Crippen LogP) is 3.29. The van der Waals surface area contributed by atoms with Gasteiger partial charge in [0.25, 0.3) is 0 Å². The molecule has 146 valence electrons. The minimum atomic E-state index is -4.39. The molecule has 1 aliphatic rings. The van der Waals surface area contributed by atoms with Gasteiger partial charge >= 0.3 is 6.18 Å². The van der Waals surface area contributed by atoms with E-state index in [0.717, 1.165) is 45.0 Å². The van der Waals surface area contributed by atoms with Gasteiger partial charge < -0.3 is 15.4 Å². The summed E-state index contributed by atoms with van der Waals surface area (Å²) in [6, 6.07) is 6.77. The summed E-state index contributed by atoms with van der Waals surface area (Å²) in [4.78, 5) is 10.9. The molecule has 9 heteroatoms. The number of hydrogen-bond donors (Lipinski definition) is 2. The first-order chi connectivity index (χ1) is 12.9. The number of hydrogen-bond acceptors (Lipinski definition) is 6. The van der Waals surface area contributed by atoms with E-state index in [0.29, 0.717) is 18.1 Å². The highest BCUT2D eigenvalue weighted by Crippen LogP contribution is 2.31. The van der Waals surface area contributed by atoms with Crippen LogP contribution in [-0.2, 0) is 10.9 Å². The van der Waals surface area contributed by atoms with E-state index in [9.17, 15) is 13.2 Å². The second-order valence-electron chi connectivity index (χ2n) is 6.30. The Bertz CT molecular complexity index is 763. The number of morpholine rings is 1. The molecule has 3 rings (SSSR count). The zero-order valence-electron chi connectivity index (χ0n) is 15.0. The van der Waals surface area contributed by atoms with Crippen molar-refractivity contribution in [2.24, 2.45) is 0 Å². The van der Waals surface area contributed by atoms with Crippen LogP contribution in [0.5, 0.6) is 0 Å². The van der Waals surface area contributed by atoms with Gasteiger partial charge in [-0.15, -0.1) is 0 Å². The summed E-state index contributed by atoms with van der Waals surface area (Å²) in [6.07, 6.45) is -4.39. The lowest BCUT2D eigenvalue weighted by atomic mass is 10.2. The van der Waals surface area contributed by atoms with Gasteiger partial charge in [-0.2, -0.15) is 18.2 Å². The van der Waals surface area contributed by atoms with E-state index in [2.05, 4.69) is 25.5 Å². The van der Waals surface area contributed by atoms with Gasteiger partial charge in [0.2, 0.25) is 5.95 Å². The van der Waals surface area contributed by atoms with Gasteiger partial charge in [0.1, 0.15) is 5.82 Å². The highest BCUT2D eigenvalue weighted by molar-refractivity contribution is 5.56. The molecule has 2 heterocycles. The minimum absolute atomic E-state index is 0.253. The second-order valence-corrected chi connectivity index (χ2v) is 6.30. The number of nitrogens with one attached hydrogen (secondary N) is 2. The smallest absolute Gasteiger partial charge is 0.379 e. The number of halogens is 3. The van der Waals surface area contributed by atoms with E-state index in [1.54, 1.807) is 12.1 Å². The van der Waals surface area contributed by atoms with Crippen molar-refractivity contribution in [1.29, 1.82) is 0 Å². The maximum absolute atomic E-state index is 12.8. The maximum Gasteiger partial charge on any atom is 0.416 e. The van der Waals surface area contributed by atoms with Gasteiger partial charge in [0.15, 0.2) is 0 Å². The molecule has 6 nitrogen and oxygen atoms in total. The highest BCUT2D eigenvalue weighted by Gasteiger charge is 2.30. The van der Waals surface area contributed by atoms with E-state index in [-0.39, 0.29) is 11.6 Å². The van der Waals surface area contributed by atoms with E-state index in [4.69, 9.17) is 4.74 Å². The first kappa shape index (κ1) is 19.4. The van der Waals surface area contributed by atoms with Crippen LogP contribution >= 0.6 is 0 Å². The van der Waals surface area contributed by atoms with Crippen LogP contribution in [-0.4, -0.2) is 54.3 Å². The van der Waals surface area contributed by atoms with Crippen molar-refractivity contribution in [2.45, 2.75) is 13.1 Å². The number of aromatic nitrogens is 2. The van der Waals surface area contributed by atoms with E-state index >= 15 is 0 Å². The number of aryl methyl sites for hydroxylation is 1. The van der Waals surface area contributed by atoms with Gasteiger partial charge in [-0.1, -0.05) is 6.07 Å². The molecule has 0 bridgehead atoms. The highest BCUT2D eigenvalue weighted by atomic mass is 19.4. The Hall–Kier alpha value is -2.39. The van der Waals surface area contributed by atoms with Crippen LogP contribution in [0.1, 0.15) is 11.3 Å². The Labute approximate surface area is 155 Å². The van der Waals surface area contributed by atoms with Crippen molar-refractivity contribution in [2.75, 3.05) is 50.0 Å². The number of benzene rings is 1. The van der Waals surface area contributed by atoms with Crippen molar-refractivity contribution in [3.63, 3.8) is 0 Å². The van der Waals surface area contributed by atoms with Crippen LogP contribution in [0.4, 0.5) is 30.6 Å². The summed E-state index contributed by atoms with van der Waals surface area (Å²) in [5.41, 5.74) is 0.284. The Kier molecular flexibility index (Phi) is 6.12. The molecular weight excluding hydrogens is 359 g/mol. The monoisotopic (exact) mass is 381 g/mol. The average molecular weight is 381 g/mol. The van der Waals surface area contributed by atoms with Gasteiger partial charge in [0.05, 0.1) is 18.8 Å². The molecule has 1 saturated heterocycles. The largest absolute Gasteiger partial charge is 0.416 e. The second kappa shape index (κ2) is 8.53. The lowest BCUT2D eigenvalue weighted by molar-refractivity contribution is -0.137. The lowest BCUT2D eigenvalue weighted by Gasteiger charge is -2.26. The third-order valence-corrected chi connectivity index (χ3v) is 4.14. The summed E-state index contributed by atoms with van der Waals surface area (Å²) in [6.45, 7) is 6.70. The van der Waals surface area contributed by atoms with Crippen molar-refractivity contribution in [3.05, 3.63) is 41.6 Å². The number of rotatable bonds is 6. The van der Waals surface area contributed by atoms with E-state index in [1.807, 2.05) is 6.92 Å².